The Morgan fingerprint density at radius 3 is 2.60 bits per heavy atom. The van der Waals surface area contributed by atoms with Crippen LogP contribution < -0.4 is 11.1 Å². The molecule has 2 rings (SSSR count). The molecule has 0 atom stereocenters. The smallest absolute Gasteiger partial charge is 0.222 e. The molecule has 1 saturated carbocycles. The van der Waals surface area contributed by atoms with Crippen LogP contribution in [0.2, 0.25) is 0 Å². The van der Waals surface area contributed by atoms with Crippen LogP contribution in [0, 0.1) is 11.2 Å². The van der Waals surface area contributed by atoms with Crippen molar-refractivity contribution in [2.75, 3.05) is 18.4 Å². The van der Waals surface area contributed by atoms with E-state index in [9.17, 15) is 4.39 Å². The molecule has 4 nitrogen and oxygen atoms in total. The van der Waals surface area contributed by atoms with Crippen molar-refractivity contribution in [3.05, 3.63) is 18.2 Å². The van der Waals surface area contributed by atoms with Crippen molar-refractivity contribution in [1.82, 2.24) is 9.97 Å². The molecule has 0 unspecified atom stereocenters. The second-order valence-corrected chi connectivity index (χ2v) is 4.12. The van der Waals surface area contributed by atoms with Crippen LogP contribution in [-0.4, -0.2) is 23.1 Å². The molecule has 1 aromatic heterocycles. The lowest BCUT2D eigenvalue weighted by molar-refractivity contribution is 0.499. The maximum absolute atomic E-state index is 12.5. The third-order valence-electron chi connectivity index (χ3n) is 2.87. The summed E-state index contributed by atoms with van der Waals surface area (Å²) in [6, 6.07) is 0. The SMILES string of the molecule is NCCC1(CNc2ncc(F)cn2)CC1. The maximum atomic E-state index is 12.5. The molecule has 0 bridgehead atoms. The lowest BCUT2D eigenvalue weighted by Crippen LogP contribution is -2.20. The van der Waals surface area contributed by atoms with E-state index in [2.05, 4.69) is 15.3 Å². The monoisotopic (exact) mass is 210 g/mol. The summed E-state index contributed by atoms with van der Waals surface area (Å²) in [5, 5.41) is 3.12. The Balaban J connectivity index is 1.85. The van der Waals surface area contributed by atoms with E-state index in [0.29, 0.717) is 17.9 Å². The number of hydrogen-bond donors (Lipinski definition) is 2. The Kier molecular flexibility index (Phi) is 2.81. The van der Waals surface area contributed by atoms with Crippen LogP contribution in [0.25, 0.3) is 0 Å². The number of halogens is 1. The zero-order chi connectivity index (χ0) is 10.7. The molecule has 0 saturated heterocycles. The summed E-state index contributed by atoms with van der Waals surface area (Å²) in [5.74, 6) is 0.0725. The number of anilines is 1. The van der Waals surface area contributed by atoms with Crippen molar-refractivity contribution in [3.63, 3.8) is 0 Å². The Labute approximate surface area is 88.1 Å². The summed E-state index contributed by atoms with van der Waals surface area (Å²) in [7, 11) is 0. The highest BCUT2D eigenvalue weighted by atomic mass is 19.1. The Morgan fingerprint density at radius 1 is 1.40 bits per heavy atom. The van der Waals surface area contributed by atoms with Gasteiger partial charge in [-0.05, 0) is 31.2 Å². The molecule has 0 aliphatic heterocycles. The second-order valence-electron chi connectivity index (χ2n) is 4.12. The predicted octanol–water partition coefficient (Wildman–Crippen LogP) is 1.16. The number of aromatic nitrogens is 2. The topological polar surface area (TPSA) is 63.8 Å². The van der Waals surface area contributed by atoms with Crippen LogP contribution in [0.15, 0.2) is 12.4 Å². The quantitative estimate of drug-likeness (QED) is 0.765. The van der Waals surface area contributed by atoms with E-state index in [1.807, 2.05) is 0 Å². The van der Waals surface area contributed by atoms with Crippen molar-refractivity contribution in [2.45, 2.75) is 19.3 Å². The van der Waals surface area contributed by atoms with E-state index < -0.39 is 5.82 Å². The molecule has 15 heavy (non-hydrogen) atoms. The second kappa shape index (κ2) is 4.10. The number of nitrogens with one attached hydrogen (secondary N) is 1. The van der Waals surface area contributed by atoms with Gasteiger partial charge in [0.25, 0.3) is 0 Å². The van der Waals surface area contributed by atoms with Gasteiger partial charge in [0, 0.05) is 6.54 Å². The van der Waals surface area contributed by atoms with Gasteiger partial charge in [-0.15, -0.1) is 0 Å². The molecule has 0 radical (unpaired) electrons. The largest absolute Gasteiger partial charge is 0.354 e. The summed E-state index contributed by atoms with van der Waals surface area (Å²) in [6.45, 7) is 1.54. The zero-order valence-corrected chi connectivity index (χ0v) is 8.54. The first-order valence-corrected chi connectivity index (χ1v) is 5.16. The molecule has 1 aliphatic rings. The van der Waals surface area contributed by atoms with Crippen LogP contribution >= 0.6 is 0 Å². The van der Waals surface area contributed by atoms with Crippen LogP contribution in [-0.2, 0) is 0 Å². The van der Waals surface area contributed by atoms with Crippen molar-refractivity contribution in [2.24, 2.45) is 11.1 Å². The van der Waals surface area contributed by atoms with Gasteiger partial charge in [0.1, 0.15) is 0 Å². The van der Waals surface area contributed by atoms with Gasteiger partial charge < -0.3 is 11.1 Å². The summed E-state index contributed by atoms with van der Waals surface area (Å²) >= 11 is 0. The van der Waals surface area contributed by atoms with E-state index in [-0.39, 0.29) is 0 Å². The fourth-order valence-corrected chi connectivity index (χ4v) is 1.67. The fraction of sp³-hybridized carbons (Fsp3) is 0.600. The first kappa shape index (κ1) is 10.3. The molecular formula is C10H15FN4. The summed E-state index contributed by atoms with van der Waals surface area (Å²) < 4.78 is 12.5. The van der Waals surface area contributed by atoms with Gasteiger partial charge in [0.05, 0.1) is 12.4 Å². The Hall–Kier alpha value is -1.23. The average Bonchev–Trinajstić information content (AvgIpc) is 2.99. The lowest BCUT2D eigenvalue weighted by Gasteiger charge is -2.14. The molecular weight excluding hydrogens is 195 g/mol. The predicted molar refractivity (Wildman–Crippen MR) is 55.8 cm³/mol. The third-order valence-corrected chi connectivity index (χ3v) is 2.87. The van der Waals surface area contributed by atoms with Crippen LogP contribution in [0.1, 0.15) is 19.3 Å². The molecule has 5 heteroatoms. The van der Waals surface area contributed by atoms with Crippen molar-refractivity contribution in [1.29, 1.82) is 0 Å². The van der Waals surface area contributed by atoms with E-state index in [1.165, 1.54) is 12.8 Å². The van der Waals surface area contributed by atoms with Gasteiger partial charge in [-0.3, -0.25) is 0 Å². The van der Waals surface area contributed by atoms with E-state index in [0.717, 1.165) is 25.4 Å². The van der Waals surface area contributed by atoms with Gasteiger partial charge in [0.15, 0.2) is 5.82 Å². The van der Waals surface area contributed by atoms with Crippen molar-refractivity contribution >= 4 is 5.95 Å². The van der Waals surface area contributed by atoms with E-state index in [4.69, 9.17) is 5.73 Å². The molecule has 0 spiro atoms. The molecule has 0 amide bonds. The number of nitrogens with zero attached hydrogens (tertiary/aromatic N) is 2. The van der Waals surface area contributed by atoms with Gasteiger partial charge in [-0.1, -0.05) is 0 Å². The molecule has 1 aliphatic carbocycles. The zero-order valence-electron chi connectivity index (χ0n) is 8.54. The molecule has 82 valence electrons. The van der Waals surface area contributed by atoms with Gasteiger partial charge >= 0.3 is 0 Å². The fourth-order valence-electron chi connectivity index (χ4n) is 1.67. The molecule has 1 fully saturated rings. The van der Waals surface area contributed by atoms with Crippen LogP contribution in [0.4, 0.5) is 10.3 Å². The molecule has 1 heterocycles. The highest BCUT2D eigenvalue weighted by Crippen LogP contribution is 2.48. The minimum Gasteiger partial charge on any atom is -0.354 e. The Bertz CT molecular complexity index is 321. The molecule has 1 aromatic rings. The third kappa shape index (κ3) is 2.62. The highest BCUT2D eigenvalue weighted by Gasteiger charge is 2.41. The summed E-state index contributed by atoms with van der Waals surface area (Å²) in [5.41, 5.74) is 5.87. The maximum Gasteiger partial charge on any atom is 0.222 e. The highest BCUT2D eigenvalue weighted by molar-refractivity contribution is 5.24. The van der Waals surface area contributed by atoms with Gasteiger partial charge in [0.2, 0.25) is 5.95 Å². The van der Waals surface area contributed by atoms with Crippen molar-refractivity contribution < 1.29 is 4.39 Å². The van der Waals surface area contributed by atoms with Crippen LogP contribution in [0.5, 0.6) is 0 Å². The van der Waals surface area contributed by atoms with E-state index >= 15 is 0 Å². The minimum atomic E-state index is -0.413. The van der Waals surface area contributed by atoms with Crippen LogP contribution in [0.3, 0.4) is 0 Å². The summed E-state index contributed by atoms with van der Waals surface area (Å²) in [4.78, 5) is 7.68. The minimum absolute atomic E-state index is 0.340. The van der Waals surface area contributed by atoms with Gasteiger partial charge in [-0.2, -0.15) is 0 Å². The number of nitrogens with two attached hydrogens (primary N) is 1. The normalized spacial score (nSPS) is 17.5. The molecule has 0 aromatic carbocycles. The van der Waals surface area contributed by atoms with Gasteiger partial charge in [-0.25, -0.2) is 14.4 Å². The Morgan fingerprint density at radius 2 is 2.07 bits per heavy atom. The summed E-state index contributed by atoms with van der Waals surface area (Å²) in [6.07, 6.45) is 5.77. The first-order valence-electron chi connectivity index (χ1n) is 5.16. The number of rotatable bonds is 5. The lowest BCUT2D eigenvalue weighted by atomic mass is 10.0. The first-order chi connectivity index (χ1) is 7.24. The van der Waals surface area contributed by atoms with E-state index in [1.54, 1.807) is 0 Å². The average molecular weight is 210 g/mol. The molecule has 3 N–H and O–H groups in total. The standard InChI is InChI=1S/C10H15FN4/c11-8-5-13-9(14-6-8)15-7-10(1-2-10)3-4-12/h5-6H,1-4,7,12H2,(H,13,14,15). The van der Waals surface area contributed by atoms with Crippen molar-refractivity contribution in [3.8, 4) is 0 Å². The number of hydrogen-bond acceptors (Lipinski definition) is 4.